The van der Waals surface area contributed by atoms with Gasteiger partial charge in [-0.1, -0.05) is 18.2 Å². The molecule has 0 bridgehead atoms. The number of thioether (sulfide) groups is 1. The number of benzene rings is 1. The maximum Gasteiger partial charge on any atom is 0.127 e. The first-order valence-electron chi connectivity index (χ1n) is 4.21. The summed E-state index contributed by atoms with van der Waals surface area (Å²) in [6, 6.07) is 6.89. The van der Waals surface area contributed by atoms with Crippen molar-refractivity contribution >= 4 is 23.4 Å². The van der Waals surface area contributed by atoms with Gasteiger partial charge in [-0.25, -0.2) is 4.39 Å². The molecule has 0 N–H and O–H groups in total. The summed E-state index contributed by atoms with van der Waals surface area (Å²) in [6.45, 7) is 0. The molecule has 0 aliphatic rings. The van der Waals surface area contributed by atoms with Crippen molar-refractivity contribution < 1.29 is 4.39 Å². The van der Waals surface area contributed by atoms with Gasteiger partial charge in [0, 0.05) is 11.6 Å². The third-order valence-corrected chi connectivity index (χ3v) is 3.00. The van der Waals surface area contributed by atoms with E-state index >= 15 is 0 Å². The molecule has 0 spiro atoms. The highest BCUT2D eigenvalue weighted by Gasteiger charge is 1.99. The second kappa shape index (κ2) is 6.28. The van der Waals surface area contributed by atoms with Crippen molar-refractivity contribution in [3.8, 4) is 0 Å². The molecule has 1 rings (SSSR count). The van der Waals surface area contributed by atoms with Crippen molar-refractivity contribution in [2.75, 3.05) is 11.6 Å². The van der Waals surface area contributed by atoms with Gasteiger partial charge in [-0.05, 0) is 23.8 Å². The Morgan fingerprint density at radius 3 is 2.77 bits per heavy atom. The van der Waals surface area contributed by atoms with Gasteiger partial charge in [-0.3, -0.25) is 0 Å². The van der Waals surface area contributed by atoms with E-state index in [4.69, 9.17) is 11.6 Å². The van der Waals surface area contributed by atoms with Crippen LogP contribution in [0.4, 0.5) is 4.39 Å². The molecule has 0 saturated heterocycles. The second-order valence-electron chi connectivity index (χ2n) is 2.69. The van der Waals surface area contributed by atoms with E-state index in [2.05, 4.69) is 0 Å². The second-order valence-corrected chi connectivity index (χ2v) is 4.17. The van der Waals surface area contributed by atoms with Crippen molar-refractivity contribution in [3.05, 3.63) is 35.6 Å². The SMILES string of the molecule is Fc1ccccc1CSCCCCl. The maximum atomic E-state index is 13.1. The van der Waals surface area contributed by atoms with Crippen LogP contribution < -0.4 is 0 Å². The molecule has 0 aliphatic carbocycles. The Labute approximate surface area is 87.5 Å². The van der Waals surface area contributed by atoms with E-state index in [0.717, 1.165) is 23.5 Å². The summed E-state index contributed by atoms with van der Waals surface area (Å²) in [5.74, 6) is 2.31. The van der Waals surface area contributed by atoms with E-state index in [0.29, 0.717) is 5.88 Å². The van der Waals surface area contributed by atoms with E-state index in [1.165, 1.54) is 6.07 Å². The summed E-state index contributed by atoms with van der Waals surface area (Å²) in [5.41, 5.74) is 0.780. The molecular weight excluding hydrogens is 207 g/mol. The van der Waals surface area contributed by atoms with Crippen LogP contribution in [0.1, 0.15) is 12.0 Å². The standard InChI is InChI=1S/C10H12ClFS/c11-6-3-7-13-8-9-4-1-2-5-10(9)12/h1-2,4-5H,3,6-8H2. The first kappa shape index (κ1) is 10.9. The summed E-state index contributed by atoms with van der Waals surface area (Å²) in [5, 5.41) is 0. The quantitative estimate of drug-likeness (QED) is 0.537. The van der Waals surface area contributed by atoms with Gasteiger partial charge < -0.3 is 0 Å². The van der Waals surface area contributed by atoms with Crippen LogP contribution in [0.5, 0.6) is 0 Å². The molecule has 0 fully saturated rings. The summed E-state index contributed by atoms with van der Waals surface area (Å²) in [7, 11) is 0. The highest BCUT2D eigenvalue weighted by molar-refractivity contribution is 7.98. The minimum Gasteiger partial charge on any atom is -0.207 e. The van der Waals surface area contributed by atoms with Gasteiger partial charge in [0.1, 0.15) is 5.82 Å². The van der Waals surface area contributed by atoms with Crippen molar-refractivity contribution in [1.82, 2.24) is 0 Å². The van der Waals surface area contributed by atoms with Crippen molar-refractivity contribution in [3.63, 3.8) is 0 Å². The molecule has 3 heteroatoms. The molecule has 0 unspecified atom stereocenters. The van der Waals surface area contributed by atoms with Gasteiger partial charge in [0.05, 0.1) is 0 Å². The summed E-state index contributed by atoms with van der Waals surface area (Å²) < 4.78 is 13.1. The normalized spacial score (nSPS) is 10.3. The smallest absolute Gasteiger partial charge is 0.127 e. The first-order chi connectivity index (χ1) is 6.34. The molecule has 1 aromatic rings. The summed E-state index contributed by atoms with van der Waals surface area (Å²) in [4.78, 5) is 0. The Kier molecular flexibility index (Phi) is 5.25. The monoisotopic (exact) mass is 218 g/mol. The lowest BCUT2D eigenvalue weighted by atomic mass is 10.2. The molecule has 0 atom stereocenters. The lowest BCUT2D eigenvalue weighted by molar-refractivity contribution is 0.617. The van der Waals surface area contributed by atoms with Crippen molar-refractivity contribution in [2.45, 2.75) is 12.2 Å². The predicted octanol–water partition coefficient (Wildman–Crippen LogP) is 3.69. The number of rotatable bonds is 5. The van der Waals surface area contributed by atoms with Crippen LogP contribution >= 0.6 is 23.4 Å². The molecular formula is C10H12ClFS. The van der Waals surface area contributed by atoms with Gasteiger partial charge >= 0.3 is 0 Å². The minimum absolute atomic E-state index is 0.110. The van der Waals surface area contributed by atoms with E-state index < -0.39 is 0 Å². The fourth-order valence-electron chi connectivity index (χ4n) is 0.954. The van der Waals surface area contributed by atoms with Gasteiger partial charge in [0.25, 0.3) is 0 Å². The zero-order chi connectivity index (χ0) is 9.52. The number of hydrogen-bond acceptors (Lipinski definition) is 1. The number of alkyl halides is 1. The highest BCUT2D eigenvalue weighted by Crippen LogP contribution is 2.15. The number of halogens is 2. The fraction of sp³-hybridized carbons (Fsp3) is 0.400. The Hall–Kier alpha value is -0.210. The van der Waals surface area contributed by atoms with Crippen LogP contribution in [-0.4, -0.2) is 11.6 Å². The lowest BCUT2D eigenvalue weighted by Gasteiger charge is -2.01. The van der Waals surface area contributed by atoms with E-state index in [9.17, 15) is 4.39 Å². The molecule has 0 heterocycles. The van der Waals surface area contributed by atoms with Crippen LogP contribution in [-0.2, 0) is 5.75 Å². The van der Waals surface area contributed by atoms with Gasteiger partial charge in [-0.15, -0.1) is 11.6 Å². The van der Waals surface area contributed by atoms with E-state index in [1.807, 2.05) is 12.1 Å². The summed E-state index contributed by atoms with van der Waals surface area (Å²) >= 11 is 7.25. The summed E-state index contributed by atoms with van der Waals surface area (Å²) in [6.07, 6.45) is 0.987. The van der Waals surface area contributed by atoms with Crippen LogP contribution in [0.3, 0.4) is 0 Å². The van der Waals surface area contributed by atoms with Crippen LogP contribution in [0, 0.1) is 5.82 Å². The zero-order valence-electron chi connectivity index (χ0n) is 7.30. The Balaban J connectivity index is 2.32. The molecule has 0 amide bonds. The Morgan fingerprint density at radius 2 is 2.08 bits per heavy atom. The first-order valence-corrected chi connectivity index (χ1v) is 5.90. The fourth-order valence-corrected chi connectivity index (χ4v) is 2.19. The number of hydrogen-bond donors (Lipinski definition) is 0. The largest absolute Gasteiger partial charge is 0.207 e. The topological polar surface area (TPSA) is 0 Å². The Morgan fingerprint density at radius 1 is 1.31 bits per heavy atom. The highest BCUT2D eigenvalue weighted by atomic mass is 35.5. The van der Waals surface area contributed by atoms with E-state index in [1.54, 1.807) is 17.8 Å². The predicted molar refractivity (Wildman–Crippen MR) is 57.9 cm³/mol. The molecule has 0 radical (unpaired) electrons. The van der Waals surface area contributed by atoms with Crippen LogP contribution in [0.15, 0.2) is 24.3 Å². The molecule has 0 nitrogen and oxygen atoms in total. The van der Waals surface area contributed by atoms with Gasteiger partial charge in [0.15, 0.2) is 0 Å². The molecule has 72 valence electrons. The molecule has 1 aromatic carbocycles. The maximum absolute atomic E-state index is 13.1. The lowest BCUT2D eigenvalue weighted by Crippen LogP contribution is -1.88. The zero-order valence-corrected chi connectivity index (χ0v) is 8.87. The Bertz CT molecular complexity index is 252. The van der Waals surface area contributed by atoms with E-state index in [-0.39, 0.29) is 5.82 Å². The molecule has 13 heavy (non-hydrogen) atoms. The molecule has 0 aliphatic heterocycles. The molecule has 0 aromatic heterocycles. The average Bonchev–Trinajstić information content (AvgIpc) is 2.15. The third kappa shape index (κ3) is 4.01. The van der Waals surface area contributed by atoms with Crippen LogP contribution in [0.2, 0.25) is 0 Å². The van der Waals surface area contributed by atoms with Gasteiger partial charge in [-0.2, -0.15) is 11.8 Å². The average molecular weight is 219 g/mol. The molecule has 0 saturated carbocycles. The third-order valence-electron chi connectivity index (χ3n) is 1.64. The van der Waals surface area contributed by atoms with Crippen molar-refractivity contribution in [1.29, 1.82) is 0 Å². The van der Waals surface area contributed by atoms with Crippen molar-refractivity contribution in [2.24, 2.45) is 0 Å². The van der Waals surface area contributed by atoms with Gasteiger partial charge in [0.2, 0.25) is 0 Å². The minimum atomic E-state index is -0.110. The van der Waals surface area contributed by atoms with Crippen LogP contribution in [0.25, 0.3) is 0 Å².